The van der Waals surface area contributed by atoms with Crippen LogP contribution in [-0.4, -0.2) is 43.3 Å². The molecule has 0 N–H and O–H groups in total. The van der Waals surface area contributed by atoms with Gasteiger partial charge in [0.15, 0.2) is 0 Å². The number of rotatable bonds is 6. The van der Waals surface area contributed by atoms with Crippen LogP contribution >= 0.6 is 11.3 Å². The Morgan fingerprint density at radius 3 is 2.59 bits per heavy atom. The molecule has 1 aromatic rings. The van der Waals surface area contributed by atoms with E-state index in [1.54, 1.807) is 11.3 Å². The highest BCUT2D eigenvalue weighted by atomic mass is 32.2. The number of sulfone groups is 1. The third kappa shape index (κ3) is 3.54. The number of thiophene rings is 1. The average molecular weight is 341 g/mol. The molecule has 0 saturated heterocycles. The van der Waals surface area contributed by atoms with Crippen LogP contribution in [0.15, 0.2) is 12.1 Å². The lowest BCUT2D eigenvalue weighted by Crippen LogP contribution is -2.44. The molecule has 122 valence electrons. The molecule has 0 radical (unpaired) electrons. The molecule has 1 amide bonds. The van der Waals surface area contributed by atoms with Crippen molar-refractivity contribution in [2.45, 2.75) is 51.1 Å². The van der Waals surface area contributed by atoms with E-state index < -0.39 is 9.84 Å². The largest absolute Gasteiger partial charge is 0.336 e. The van der Waals surface area contributed by atoms with Gasteiger partial charge in [0.2, 0.25) is 5.91 Å². The smallest absolute Gasteiger partial charge is 0.226 e. The van der Waals surface area contributed by atoms with Gasteiger partial charge in [0.25, 0.3) is 0 Å². The molecule has 2 fully saturated rings. The van der Waals surface area contributed by atoms with Gasteiger partial charge < -0.3 is 4.90 Å². The SMILES string of the molecule is Cc1ccc([C@@H]2C[C@@H]2C(=O)N(C2CC2)[C@H](C)CS(C)(=O)=O)s1. The van der Waals surface area contributed by atoms with E-state index in [0.717, 1.165) is 19.3 Å². The van der Waals surface area contributed by atoms with Crippen molar-refractivity contribution in [3.8, 4) is 0 Å². The third-order valence-corrected chi connectivity index (χ3v) is 6.67. The molecule has 3 rings (SSSR count). The summed E-state index contributed by atoms with van der Waals surface area (Å²) < 4.78 is 23.1. The summed E-state index contributed by atoms with van der Waals surface area (Å²) in [6.07, 6.45) is 4.17. The zero-order valence-electron chi connectivity index (χ0n) is 13.3. The maximum atomic E-state index is 12.8. The van der Waals surface area contributed by atoms with Crippen molar-refractivity contribution in [3.05, 3.63) is 21.9 Å². The molecule has 0 unspecified atom stereocenters. The van der Waals surface area contributed by atoms with E-state index in [-0.39, 0.29) is 29.7 Å². The standard InChI is InChI=1S/C16H23NO3S2/c1-10(9-22(3,19)20)17(12-5-6-12)16(18)14-8-13(14)15-7-4-11(2)21-15/h4,7,10,12-14H,5-6,8-9H2,1-3H3/t10-,13-,14+/m1/s1. The van der Waals surface area contributed by atoms with Gasteiger partial charge in [-0.15, -0.1) is 11.3 Å². The minimum atomic E-state index is -3.07. The van der Waals surface area contributed by atoms with Crippen LogP contribution in [-0.2, 0) is 14.6 Å². The minimum absolute atomic E-state index is 0.0562. The lowest BCUT2D eigenvalue weighted by Gasteiger charge is -2.29. The Morgan fingerprint density at radius 1 is 1.41 bits per heavy atom. The third-order valence-electron chi connectivity index (χ3n) is 4.45. The molecule has 1 heterocycles. The Labute approximate surface area is 136 Å². The molecule has 22 heavy (non-hydrogen) atoms. The van der Waals surface area contributed by atoms with Crippen molar-refractivity contribution in [2.75, 3.05) is 12.0 Å². The van der Waals surface area contributed by atoms with Gasteiger partial charge in [-0.2, -0.15) is 0 Å². The maximum absolute atomic E-state index is 12.8. The van der Waals surface area contributed by atoms with Gasteiger partial charge in [-0.3, -0.25) is 4.79 Å². The number of aryl methyl sites for hydroxylation is 1. The average Bonchev–Trinajstić information content (AvgIpc) is 3.27. The molecule has 0 aromatic carbocycles. The quantitative estimate of drug-likeness (QED) is 0.799. The first-order valence-electron chi connectivity index (χ1n) is 7.82. The molecular weight excluding hydrogens is 318 g/mol. The van der Waals surface area contributed by atoms with Crippen LogP contribution < -0.4 is 0 Å². The van der Waals surface area contributed by atoms with E-state index in [9.17, 15) is 13.2 Å². The fourth-order valence-electron chi connectivity index (χ4n) is 3.25. The van der Waals surface area contributed by atoms with Crippen LogP contribution in [0.25, 0.3) is 0 Å². The van der Waals surface area contributed by atoms with E-state index in [4.69, 9.17) is 0 Å². The Hall–Kier alpha value is -0.880. The van der Waals surface area contributed by atoms with Gasteiger partial charge in [-0.05, 0) is 45.2 Å². The molecule has 1 aromatic heterocycles. The maximum Gasteiger partial charge on any atom is 0.226 e. The molecule has 2 aliphatic rings. The van der Waals surface area contributed by atoms with Crippen molar-refractivity contribution in [1.82, 2.24) is 4.90 Å². The van der Waals surface area contributed by atoms with Crippen LogP contribution in [0, 0.1) is 12.8 Å². The highest BCUT2D eigenvalue weighted by Crippen LogP contribution is 2.51. The first-order chi connectivity index (χ1) is 10.3. The fourth-order valence-corrected chi connectivity index (χ4v) is 5.35. The highest BCUT2D eigenvalue weighted by Gasteiger charge is 2.50. The Morgan fingerprint density at radius 2 is 2.09 bits per heavy atom. The van der Waals surface area contributed by atoms with Crippen molar-refractivity contribution >= 4 is 27.1 Å². The van der Waals surface area contributed by atoms with E-state index in [0.29, 0.717) is 5.92 Å². The van der Waals surface area contributed by atoms with Crippen LogP contribution in [0.3, 0.4) is 0 Å². The van der Waals surface area contributed by atoms with E-state index in [1.807, 2.05) is 11.8 Å². The summed E-state index contributed by atoms with van der Waals surface area (Å²) in [4.78, 5) is 17.3. The first kappa shape index (κ1) is 16.0. The predicted octanol–water partition coefficient (Wildman–Crippen LogP) is 2.58. The molecule has 2 aliphatic carbocycles. The molecule has 0 spiro atoms. The Bertz CT molecular complexity index is 675. The summed E-state index contributed by atoms with van der Waals surface area (Å²) in [5.41, 5.74) is 0. The number of carbonyl (C=O) groups is 1. The van der Waals surface area contributed by atoms with Crippen LogP contribution in [0.2, 0.25) is 0 Å². The fraction of sp³-hybridized carbons (Fsp3) is 0.688. The number of hydrogen-bond acceptors (Lipinski definition) is 4. The summed E-state index contributed by atoms with van der Waals surface area (Å²) >= 11 is 1.77. The highest BCUT2D eigenvalue weighted by molar-refractivity contribution is 7.90. The summed E-state index contributed by atoms with van der Waals surface area (Å²) in [7, 11) is -3.07. The normalized spacial score (nSPS) is 25.8. The second-order valence-corrected chi connectivity index (χ2v) is 10.3. The molecule has 3 atom stereocenters. The van der Waals surface area contributed by atoms with Crippen molar-refractivity contribution in [1.29, 1.82) is 0 Å². The zero-order chi connectivity index (χ0) is 16.1. The predicted molar refractivity (Wildman–Crippen MR) is 88.9 cm³/mol. The second-order valence-electron chi connectivity index (χ2n) is 6.82. The Balaban J connectivity index is 1.69. The molecule has 0 bridgehead atoms. The number of nitrogens with zero attached hydrogens (tertiary/aromatic N) is 1. The number of carbonyl (C=O) groups excluding carboxylic acids is 1. The molecular formula is C16H23NO3S2. The van der Waals surface area contributed by atoms with Gasteiger partial charge in [0, 0.05) is 39.9 Å². The van der Waals surface area contributed by atoms with Crippen molar-refractivity contribution < 1.29 is 13.2 Å². The van der Waals surface area contributed by atoms with E-state index >= 15 is 0 Å². The molecule has 2 saturated carbocycles. The van der Waals surface area contributed by atoms with E-state index in [1.165, 1.54) is 16.0 Å². The van der Waals surface area contributed by atoms with Crippen LogP contribution in [0.1, 0.15) is 41.9 Å². The monoisotopic (exact) mass is 341 g/mol. The first-order valence-corrected chi connectivity index (χ1v) is 10.7. The number of hydrogen-bond donors (Lipinski definition) is 0. The van der Waals surface area contributed by atoms with Crippen LogP contribution in [0.4, 0.5) is 0 Å². The van der Waals surface area contributed by atoms with Gasteiger partial charge >= 0.3 is 0 Å². The summed E-state index contributed by atoms with van der Waals surface area (Å²) in [6.45, 7) is 3.95. The lowest BCUT2D eigenvalue weighted by atomic mass is 10.2. The minimum Gasteiger partial charge on any atom is -0.336 e. The van der Waals surface area contributed by atoms with E-state index in [2.05, 4.69) is 19.1 Å². The van der Waals surface area contributed by atoms with Crippen molar-refractivity contribution in [3.63, 3.8) is 0 Å². The van der Waals surface area contributed by atoms with Gasteiger partial charge in [-0.25, -0.2) is 8.42 Å². The summed E-state index contributed by atoms with van der Waals surface area (Å²) in [6, 6.07) is 4.27. The lowest BCUT2D eigenvalue weighted by molar-refractivity contribution is -0.134. The Kier molecular flexibility index (Phi) is 4.10. The summed E-state index contributed by atoms with van der Waals surface area (Å²) in [5, 5.41) is 0. The van der Waals surface area contributed by atoms with Crippen LogP contribution in [0.5, 0.6) is 0 Å². The van der Waals surface area contributed by atoms with Crippen molar-refractivity contribution in [2.24, 2.45) is 5.92 Å². The topological polar surface area (TPSA) is 54.5 Å². The van der Waals surface area contributed by atoms with Gasteiger partial charge in [0.05, 0.1) is 5.75 Å². The zero-order valence-corrected chi connectivity index (χ0v) is 14.9. The number of amides is 1. The van der Waals surface area contributed by atoms with Gasteiger partial charge in [-0.1, -0.05) is 0 Å². The molecule has 4 nitrogen and oxygen atoms in total. The molecule has 6 heteroatoms. The molecule has 0 aliphatic heterocycles. The summed E-state index contributed by atoms with van der Waals surface area (Å²) in [5.74, 6) is 0.623. The second kappa shape index (κ2) is 5.64. The van der Waals surface area contributed by atoms with Gasteiger partial charge in [0.1, 0.15) is 9.84 Å².